The van der Waals surface area contributed by atoms with Gasteiger partial charge in [-0.05, 0) is 55.9 Å². The lowest BCUT2D eigenvalue weighted by Crippen LogP contribution is -2.50. The van der Waals surface area contributed by atoms with E-state index >= 15 is 0 Å². The van der Waals surface area contributed by atoms with Gasteiger partial charge in [-0.15, -0.1) is 11.3 Å². The highest BCUT2D eigenvalue weighted by atomic mass is 32.1. The van der Waals surface area contributed by atoms with Gasteiger partial charge in [-0.3, -0.25) is 0 Å². The number of para-hydroxylation sites is 2. The Bertz CT molecular complexity index is 1430. The van der Waals surface area contributed by atoms with E-state index in [0.29, 0.717) is 37.6 Å². The number of ether oxygens (including phenoxy) is 1. The molecular formula is C30H33N5O2S. The number of anilines is 2. The fraction of sp³-hybridized carbons (Fsp3) is 0.367. The maximum Gasteiger partial charge on any atom is 0.322 e. The van der Waals surface area contributed by atoms with Crippen molar-refractivity contribution >= 4 is 39.1 Å². The van der Waals surface area contributed by atoms with Gasteiger partial charge in [0.25, 0.3) is 0 Å². The first-order valence-corrected chi connectivity index (χ1v) is 14.4. The van der Waals surface area contributed by atoms with Crippen molar-refractivity contribution in [2.24, 2.45) is 0 Å². The number of nitrogens with zero attached hydrogens (tertiary/aromatic N) is 4. The number of rotatable bonds is 6. The average Bonchev–Trinajstić information content (AvgIpc) is 3.33. The molecule has 38 heavy (non-hydrogen) atoms. The maximum atomic E-state index is 13.1. The minimum Gasteiger partial charge on any atom is -0.492 e. The summed E-state index contributed by atoms with van der Waals surface area (Å²) in [5, 5.41) is 4.28. The second-order valence-electron chi connectivity index (χ2n) is 9.85. The number of hydrogen-bond acceptors (Lipinski definition) is 6. The van der Waals surface area contributed by atoms with Gasteiger partial charge in [-0.1, -0.05) is 42.5 Å². The van der Waals surface area contributed by atoms with E-state index in [1.165, 1.54) is 34.2 Å². The number of benzene rings is 2. The molecule has 2 aromatic carbocycles. The molecule has 0 bridgehead atoms. The smallest absolute Gasteiger partial charge is 0.322 e. The third-order valence-electron chi connectivity index (χ3n) is 7.34. The summed E-state index contributed by atoms with van der Waals surface area (Å²) in [5.41, 5.74) is 3.37. The van der Waals surface area contributed by atoms with Crippen LogP contribution < -0.4 is 15.0 Å². The Morgan fingerprint density at radius 2 is 1.74 bits per heavy atom. The standard InChI is InChI=1S/C30H33N5O2S/c1-2-37-24-14-8-7-13-23(24)31-30(36)35-18-16-34(17-19-35)28-27-22-12-6-9-15-25(22)38-29(27)33-26(32-28)20-21-10-4-3-5-11-21/h3-5,7-8,10-11,13-14H,2,6,9,12,15-20H2,1H3,(H,31,36). The molecule has 2 amide bonds. The van der Waals surface area contributed by atoms with Crippen molar-refractivity contribution < 1.29 is 9.53 Å². The lowest BCUT2D eigenvalue weighted by atomic mass is 9.96. The van der Waals surface area contributed by atoms with Gasteiger partial charge in [0.05, 0.1) is 17.7 Å². The molecule has 0 saturated carbocycles. The Kier molecular flexibility index (Phi) is 7.14. The first kappa shape index (κ1) is 24.7. The van der Waals surface area contributed by atoms with E-state index in [-0.39, 0.29) is 6.03 Å². The highest BCUT2D eigenvalue weighted by Crippen LogP contribution is 2.40. The molecule has 4 aromatic rings. The van der Waals surface area contributed by atoms with Crippen molar-refractivity contribution in [2.75, 3.05) is 43.0 Å². The second-order valence-corrected chi connectivity index (χ2v) is 10.9. The Hall–Kier alpha value is -3.65. The summed E-state index contributed by atoms with van der Waals surface area (Å²) < 4.78 is 5.68. The van der Waals surface area contributed by atoms with Crippen molar-refractivity contribution in [1.29, 1.82) is 0 Å². The number of aromatic nitrogens is 2. The van der Waals surface area contributed by atoms with Crippen LogP contribution in [-0.4, -0.2) is 53.7 Å². The Labute approximate surface area is 227 Å². The number of thiophene rings is 1. The number of carbonyl (C=O) groups is 1. The molecule has 1 aliphatic carbocycles. The molecule has 0 spiro atoms. The number of piperazine rings is 1. The molecule has 2 aromatic heterocycles. The Morgan fingerprint density at radius 1 is 0.974 bits per heavy atom. The fourth-order valence-corrected chi connectivity index (χ4v) is 6.71. The van der Waals surface area contributed by atoms with Crippen LogP contribution in [0, 0.1) is 0 Å². The van der Waals surface area contributed by atoms with Crippen LogP contribution in [0.4, 0.5) is 16.3 Å². The largest absolute Gasteiger partial charge is 0.492 e. The van der Waals surface area contributed by atoms with Gasteiger partial charge in [0, 0.05) is 37.5 Å². The third kappa shape index (κ3) is 5.05. The first-order valence-electron chi connectivity index (χ1n) is 13.6. The monoisotopic (exact) mass is 527 g/mol. The van der Waals surface area contributed by atoms with Crippen molar-refractivity contribution in [1.82, 2.24) is 14.9 Å². The van der Waals surface area contributed by atoms with Gasteiger partial charge in [0.1, 0.15) is 22.2 Å². The molecule has 1 fully saturated rings. The van der Waals surface area contributed by atoms with E-state index in [0.717, 1.165) is 42.4 Å². The predicted molar refractivity (Wildman–Crippen MR) is 154 cm³/mol. The minimum absolute atomic E-state index is 0.0951. The van der Waals surface area contributed by atoms with Crippen LogP contribution in [0.2, 0.25) is 0 Å². The zero-order chi connectivity index (χ0) is 25.9. The lowest BCUT2D eigenvalue weighted by Gasteiger charge is -2.36. The molecule has 1 saturated heterocycles. The summed E-state index contributed by atoms with van der Waals surface area (Å²) in [5.74, 6) is 2.60. The summed E-state index contributed by atoms with van der Waals surface area (Å²) >= 11 is 1.85. The molecule has 196 valence electrons. The highest BCUT2D eigenvalue weighted by Gasteiger charge is 2.28. The number of hydrogen-bond donors (Lipinski definition) is 1. The average molecular weight is 528 g/mol. The van der Waals surface area contributed by atoms with Crippen LogP contribution in [0.15, 0.2) is 54.6 Å². The van der Waals surface area contributed by atoms with E-state index < -0.39 is 0 Å². The predicted octanol–water partition coefficient (Wildman–Crippen LogP) is 5.91. The lowest BCUT2D eigenvalue weighted by molar-refractivity contribution is 0.208. The second kappa shape index (κ2) is 11.0. The number of nitrogens with one attached hydrogen (secondary N) is 1. The van der Waals surface area contributed by atoms with Crippen molar-refractivity contribution in [3.05, 3.63) is 76.4 Å². The van der Waals surface area contributed by atoms with Crippen LogP contribution in [0.5, 0.6) is 5.75 Å². The van der Waals surface area contributed by atoms with Gasteiger partial charge >= 0.3 is 6.03 Å². The molecular weight excluding hydrogens is 494 g/mol. The molecule has 8 heteroatoms. The van der Waals surface area contributed by atoms with Gasteiger partial charge < -0.3 is 19.9 Å². The molecule has 1 N–H and O–H groups in total. The molecule has 3 heterocycles. The summed E-state index contributed by atoms with van der Waals surface area (Å²) in [6, 6.07) is 17.9. The number of amides is 2. The third-order valence-corrected chi connectivity index (χ3v) is 8.53. The molecule has 6 rings (SSSR count). The quantitative estimate of drug-likeness (QED) is 0.337. The van der Waals surface area contributed by atoms with E-state index in [1.807, 2.05) is 53.5 Å². The number of aryl methyl sites for hydroxylation is 2. The molecule has 0 radical (unpaired) electrons. The summed E-state index contributed by atoms with van der Waals surface area (Å²) in [6.45, 7) is 5.24. The number of urea groups is 1. The van der Waals surface area contributed by atoms with Gasteiger partial charge in [-0.25, -0.2) is 14.8 Å². The van der Waals surface area contributed by atoms with Crippen LogP contribution in [0.1, 0.15) is 41.6 Å². The SMILES string of the molecule is CCOc1ccccc1NC(=O)N1CCN(c2nc(Cc3ccccc3)nc3sc4c(c23)CCCC4)CC1. The number of carbonyl (C=O) groups excluding carboxylic acids is 1. The first-order chi connectivity index (χ1) is 18.7. The van der Waals surface area contributed by atoms with Crippen molar-refractivity contribution in [3.63, 3.8) is 0 Å². The molecule has 0 unspecified atom stereocenters. The van der Waals surface area contributed by atoms with E-state index in [2.05, 4.69) is 34.5 Å². The van der Waals surface area contributed by atoms with Crippen molar-refractivity contribution in [2.45, 2.75) is 39.0 Å². The maximum absolute atomic E-state index is 13.1. The minimum atomic E-state index is -0.0951. The van der Waals surface area contributed by atoms with Gasteiger partial charge in [0.15, 0.2) is 0 Å². The zero-order valence-corrected chi connectivity index (χ0v) is 22.6. The molecule has 0 atom stereocenters. The van der Waals surface area contributed by atoms with Gasteiger partial charge in [0.2, 0.25) is 0 Å². The molecule has 2 aliphatic rings. The highest BCUT2D eigenvalue weighted by molar-refractivity contribution is 7.19. The van der Waals surface area contributed by atoms with E-state index in [9.17, 15) is 4.79 Å². The Morgan fingerprint density at radius 3 is 2.55 bits per heavy atom. The van der Waals surface area contributed by atoms with E-state index in [4.69, 9.17) is 14.7 Å². The number of fused-ring (bicyclic) bond motifs is 3. The topological polar surface area (TPSA) is 70.6 Å². The summed E-state index contributed by atoms with van der Waals surface area (Å²) in [4.78, 5) is 30.1. The Balaban J connectivity index is 1.23. The van der Waals surface area contributed by atoms with E-state index in [1.54, 1.807) is 0 Å². The van der Waals surface area contributed by atoms with Crippen LogP contribution in [0.25, 0.3) is 10.2 Å². The summed E-state index contributed by atoms with van der Waals surface area (Å²) in [7, 11) is 0. The van der Waals surface area contributed by atoms with Crippen LogP contribution in [0.3, 0.4) is 0 Å². The van der Waals surface area contributed by atoms with Crippen LogP contribution in [-0.2, 0) is 19.3 Å². The normalized spacial score (nSPS) is 15.4. The fourth-order valence-electron chi connectivity index (χ4n) is 5.43. The summed E-state index contributed by atoms with van der Waals surface area (Å²) in [6.07, 6.45) is 5.43. The van der Waals surface area contributed by atoms with Crippen LogP contribution >= 0.6 is 11.3 Å². The zero-order valence-electron chi connectivity index (χ0n) is 21.8. The molecule has 7 nitrogen and oxygen atoms in total. The van der Waals surface area contributed by atoms with Gasteiger partial charge in [-0.2, -0.15) is 0 Å². The molecule has 1 aliphatic heterocycles. The van der Waals surface area contributed by atoms with Crippen molar-refractivity contribution in [3.8, 4) is 5.75 Å².